The third-order valence-corrected chi connectivity index (χ3v) is 8.55. The number of ketones is 1. The number of amides is 1. The fourth-order valence-electron chi connectivity index (χ4n) is 4.92. The molecule has 1 aromatic carbocycles. The van der Waals surface area contributed by atoms with Crippen molar-refractivity contribution < 1.29 is 14.3 Å². The first-order valence-electron chi connectivity index (χ1n) is 11.9. The molecule has 0 unspecified atom stereocenters. The number of ether oxygens (including phenoxy) is 1. The van der Waals surface area contributed by atoms with Gasteiger partial charge in [0.05, 0.1) is 17.8 Å². The lowest BCUT2D eigenvalue weighted by atomic mass is 9.68. The maximum Gasteiger partial charge on any atom is 0.254 e. The molecule has 2 aromatic rings. The van der Waals surface area contributed by atoms with E-state index >= 15 is 0 Å². The second kappa shape index (κ2) is 8.80. The Hall–Kier alpha value is -2.74. The van der Waals surface area contributed by atoms with E-state index in [1.807, 2.05) is 11.8 Å². The van der Waals surface area contributed by atoms with Gasteiger partial charge in [-0.3, -0.25) is 9.59 Å². The Balaban J connectivity index is 1.52. The van der Waals surface area contributed by atoms with Crippen LogP contribution in [0.5, 0.6) is 5.75 Å². The maximum atomic E-state index is 13.4. The Labute approximate surface area is 205 Å². The average Bonchev–Trinajstić information content (AvgIpc) is 3.24. The molecule has 1 spiro atoms. The highest BCUT2D eigenvalue weighted by Gasteiger charge is 2.44. The minimum atomic E-state index is -0.100. The number of methoxy groups -OCH3 is 1. The van der Waals surface area contributed by atoms with E-state index in [0.717, 1.165) is 29.1 Å². The number of carbonyl (C=O) groups excluding carboxylic acids is 2. The molecule has 2 aliphatic rings. The number of benzene rings is 1. The number of rotatable bonds is 4. The number of hydrogen-bond donors (Lipinski definition) is 2. The second-order valence-corrected chi connectivity index (χ2v) is 11.7. The molecular weight excluding hydrogens is 448 g/mol. The third kappa shape index (κ3) is 4.35. The molecule has 0 bridgehead atoms. The van der Waals surface area contributed by atoms with Gasteiger partial charge in [-0.1, -0.05) is 27.7 Å². The van der Waals surface area contributed by atoms with Crippen molar-refractivity contribution in [1.82, 2.24) is 9.88 Å². The number of hydrogen-bond acceptors (Lipinski definition) is 7. The quantitative estimate of drug-likeness (QED) is 0.478. The summed E-state index contributed by atoms with van der Waals surface area (Å²) in [6.07, 6.45) is 3.45. The zero-order valence-electron chi connectivity index (χ0n) is 20.7. The van der Waals surface area contributed by atoms with E-state index in [1.165, 1.54) is 7.11 Å². The minimum absolute atomic E-state index is 0.0711. The molecule has 1 aliphatic heterocycles. The van der Waals surface area contributed by atoms with E-state index in [1.54, 1.807) is 23.5 Å². The Morgan fingerprint density at radius 1 is 1.26 bits per heavy atom. The molecular formula is C26H34N4O3S. The van der Waals surface area contributed by atoms with E-state index in [2.05, 4.69) is 25.8 Å². The summed E-state index contributed by atoms with van der Waals surface area (Å²) in [5, 5.41) is 9.24. The van der Waals surface area contributed by atoms with E-state index in [4.69, 9.17) is 15.9 Å². The van der Waals surface area contributed by atoms with E-state index < -0.39 is 0 Å². The van der Waals surface area contributed by atoms with Gasteiger partial charge in [-0.25, -0.2) is 4.98 Å². The highest BCUT2D eigenvalue weighted by atomic mass is 32.1. The van der Waals surface area contributed by atoms with Crippen molar-refractivity contribution >= 4 is 34.4 Å². The van der Waals surface area contributed by atoms with E-state index in [9.17, 15) is 9.59 Å². The van der Waals surface area contributed by atoms with Crippen LogP contribution in [0.1, 0.15) is 89.7 Å². The number of Topliss-reactive ketones (excluding diaryl/α,β-unsaturated/α-hetero) is 1. The topological polar surface area (TPSA) is 109 Å². The van der Waals surface area contributed by atoms with Crippen LogP contribution in [0.25, 0.3) is 0 Å². The Kier molecular flexibility index (Phi) is 6.31. The molecule has 0 atom stereocenters. The molecule has 7 nitrogen and oxygen atoms in total. The van der Waals surface area contributed by atoms with Crippen molar-refractivity contribution in [3.63, 3.8) is 0 Å². The van der Waals surface area contributed by atoms with Crippen molar-refractivity contribution in [2.45, 2.75) is 65.2 Å². The van der Waals surface area contributed by atoms with Gasteiger partial charge >= 0.3 is 0 Å². The molecule has 1 aliphatic carbocycles. The molecule has 1 amide bonds. The van der Waals surface area contributed by atoms with Crippen molar-refractivity contribution in [2.75, 3.05) is 25.9 Å². The summed E-state index contributed by atoms with van der Waals surface area (Å²) in [6.45, 7) is 9.46. The number of piperidine rings is 1. The van der Waals surface area contributed by atoms with Gasteiger partial charge in [0.25, 0.3) is 5.91 Å². The highest BCUT2D eigenvalue weighted by molar-refractivity contribution is 7.12. The van der Waals surface area contributed by atoms with Gasteiger partial charge < -0.3 is 20.8 Å². The summed E-state index contributed by atoms with van der Waals surface area (Å²) in [7, 11) is 1.52. The van der Waals surface area contributed by atoms with Gasteiger partial charge in [-0.15, -0.1) is 11.3 Å². The van der Waals surface area contributed by atoms with Gasteiger partial charge in [0.15, 0.2) is 5.78 Å². The molecule has 0 saturated carbocycles. The van der Waals surface area contributed by atoms with Crippen molar-refractivity contribution in [3.05, 3.63) is 38.8 Å². The lowest BCUT2D eigenvalue weighted by Crippen LogP contribution is -2.46. The molecule has 8 heteroatoms. The summed E-state index contributed by atoms with van der Waals surface area (Å²) in [4.78, 5) is 34.0. The van der Waals surface area contributed by atoms with Crippen LogP contribution >= 0.6 is 11.3 Å². The van der Waals surface area contributed by atoms with Crippen LogP contribution in [-0.2, 0) is 11.8 Å². The summed E-state index contributed by atoms with van der Waals surface area (Å²) in [6, 6.07) is 3.37. The lowest BCUT2D eigenvalue weighted by Gasteiger charge is -2.43. The SMILES string of the molecule is CCC(=N)c1cc(C(=O)N2CCC3(CC2)CC(=O)c2nc(C(C)(C)C)sc2C3)cc(OC)c1N. The van der Waals surface area contributed by atoms with Gasteiger partial charge in [-0.05, 0) is 43.2 Å². The summed E-state index contributed by atoms with van der Waals surface area (Å²) in [5.41, 5.74) is 8.45. The standard InChI is InChI=1S/C26H34N4O3S/c1-6-17(27)16-11-15(12-19(33-5)21(16)28)23(32)30-9-7-26(8-10-30)13-18(31)22-20(14-26)34-24(29-22)25(2,3)4/h11-12,27H,6-10,13-14,28H2,1-5H3. The zero-order valence-corrected chi connectivity index (χ0v) is 21.5. The smallest absolute Gasteiger partial charge is 0.254 e. The predicted molar refractivity (Wildman–Crippen MR) is 136 cm³/mol. The summed E-state index contributed by atoms with van der Waals surface area (Å²) in [5.74, 6) is 0.463. The third-order valence-electron chi connectivity index (χ3n) is 7.07. The van der Waals surface area contributed by atoms with Crippen molar-refractivity contribution in [3.8, 4) is 5.75 Å². The number of nitrogen functional groups attached to an aromatic ring is 1. The minimum Gasteiger partial charge on any atom is -0.495 e. The van der Waals surface area contributed by atoms with Gasteiger partial charge in [0.2, 0.25) is 0 Å². The predicted octanol–water partition coefficient (Wildman–Crippen LogP) is 4.86. The lowest BCUT2D eigenvalue weighted by molar-refractivity contribution is 0.0521. The normalized spacial score (nSPS) is 17.6. The van der Waals surface area contributed by atoms with Crippen LogP contribution in [-0.4, -0.2) is 47.5 Å². The first-order valence-corrected chi connectivity index (χ1v) is 12.7. The number of carbonyl (C=O) groups is 2. The monoisotopic (exact) mass is 482 g/mol. The van der Waals surface area contributed by atoms with Crippen LogP contribution < -0.4 is 10.5 Å². The van der Waals surface area contributed by atoms with Gasteiger partial charge in [0, 0.05) is 46.6 Å². The molecule has 3 N–H and O–H groups in total. The second-order valence-electron chi connectivity index (χ2n) is 10.6. The first kappa shape index (κ1) is 24.4. The molecule has 1 aromatic heterocycles. The fraction of sp³-hybridized carbons (Fsp3) is 0.538. The number of nitrogens with one attached hydrogen (secondary N) is 1. The highest BCUT2D eigenvalue weighted by Crippen LogP contribution is 2.46. The Bertz CT molecular complexity index is 1150. The van der Waals surface area contributed by atoms with Crippen LogP contribution in [0.2, 0.25) is 0 Å². The van der Waals surface area contributed by atoms with Crippen LogP contribution in [0, 0.1) is 10.8 Å². The first-order chi connectivity index (χ1) is 16.0. The molecule has 182 valence electrons. The summed E-state index contributed by atoms with van der Waals surface area (Å²) < 4.78 is 5.38. The molecule has 4 rings (SSSR count). The van der Waals surface area contributed by atoms with Crippen LogP contribution in [0.4, 0.5) is 5.69 Å². The Morgan fingerprint density at radius 3 is 2.53 bits per heavy atom. The molecule has 1 fully saturated rings. The van der Waals surface area contributed by atoms with Crippen molar-refractivity contribution in [2.24, 2.45) is 5.41 Å². The number of nitrogens with two attached hydrogens (primary N) is 1. The van der Waals surface area contributed by atoms with Crippen molar-refractivity contribution in [1.29, 1.82) is 5.41 Å². The average molecular weight is 483 g/mol. The number of thiazole rings is 1. The largest absolute Gasteiger partial charge is 0.495 e. The number of likely N-dealkylation sites (tertiary alicyclic amines) is 1. The number of aromatic nitrogens is 1. The maximum absolute atomic E-state index is 13.4. The fourth-order valence-corrected chi connectivity index (χ4v) is 6.23. The number of fused-ring (bicyclic) bond motifs is 1. The number of nitrogens with zero attached hydrogens (tertiary/aromatic N) is 2. The molecule has 0 radical (unpaired) electrons. The molecule has 2 heterocycles. The Morgan fingerprint density at radius 2 is 1.94 bits per heavy atom. The van der Waals surface area contributed by atoms with E-state index in [-0.39, 0.29) is 22.5 Å². The molecule has 34 heavy (non-hydrogen) atoms. The number of anilines is 1. The summed E-state index contributed by atoms with van der Waals surface area (Å²) >= 11 is 1.67. The van der Waals surface area contributed by atoms with Gasteiger partial charge in [0.1, 0.15) is 11.4 Å². The van der Waals surface area contributed by atoms with Crippen LogP contribution in [0.3, 0.4) is 0 Å². The molecule has 1 saturated heterocycles. The zero-order chi connectivity index (χ0) is 24.8. The van der Waals surface area contributed by atoms with Crippen LogP contribution in [0.15, 0.2) is 12.1 Å². The van der Waals surface area contributed by atoms with Gasteiger partial charge in [-0.2, -0.15) is 0 Å². The van der Waals surface area contributed by atoms with E-state index in [0.29, 0.717) is 59.9 Å².